The van der Waals surface area contributed by atoms with Crippen LogP contribution in [0.1, 0.15) is 251 Å². The van der Waals surface area contributed by atoms with Crippen LogP contribution in [0.15, 0.2) is 85.1 Å². The maximum absolute atomic E-state index is 12.9. The molecule has 0 radical (unpaired) electrons. The molecule has 9 nitrogen and oxygen atoms in total. The third kappa shape index (κ3) is 56.2. The second kappa shape index (κ2) is 55.7. The van der Waals surface area contributed by atoms with Crippen LogP contribution in [0, 0.1) is 0 Å². The van der Waals surface area contributed by atoms with Gasteiger partial charge in [0, 0.05) is 12.8 Å². The molecule has 2 unspecified atom stereocenters. The van der Waals surface area contributed by atoms with Crippen LogP contribution >= 0.6 is 0 Å². The van der Waals surface area contributed by atoms with Crippen molar-refractivity contribution in [2.75, 3.05) is 47.5 Å². The third-order valence-corrected chi connectivity index (χ3v) is 12.9. The van der Waals surface area contributed by atoms with Gasteiger partial charge in [0.15, 0.2) is 6.10 Å². The molecule has 0 heterocycles. The van der Waals surface area contributed by atoms with Gasteiger partial charge in [-0.2, -0.15) is 0 Å². The van der Waals surface area contributed by atoms with Gasteiger partial charge in [0.25, 0.3) is 6.29 Å². The molecule has 0 aliphatic rings. The smallest absolute Gasteiger partial charge is 0.361 e. The van der Waals surface area contributed by atoms with Gasteiger partial charge in [0.2, 0.25) is 0 Å². The molecule has 0 saturated carbocycles. The van der Waals surface area contributed by atoms with Crippen molar-refractivity contribution in [3.05, 3.63) is 85.1 Å². The summed E-state index contributed by atoms with van der Waals surface area (Å²) in [7, 11) is 5.97. The van der Waals surface area contributed by atoms with Crippen LogP contribution in [-0.2, 0) is 33.3 Å². The number of esters is 2. The Hall–Kier alpha value is -3.53. The first-order chi connectivity index (χ1) is 36.1. The van der Waals surface area contributed by atoms with E-state index < -0.39 is 24.3 Å². The summed E-state index contributed by atoms with van der Waals surface area (Å²) in [5.41, 5.74) is 0. The zero-order valence-corrected chi connectivity index (χ0v) is 48.5. The van der Waals surface area contributed by atoms with E-state index in [4.69, 9.17) is 18.9 Å². The summed E-state index contributed by atoms with van der Waals surface area (Å²) in [6, 6.07) is 0. The number of unbranched alkanes of at least 4 members (excludes halogenated alkanes) is 26. The van der Waals surface area contributed by atoms with E-state index in [2.05, 4.69) is 98.9 Å². The number of carbonyl (C=O) groups excluding carboxylic acids is 2. The van der Waals surface area contributed by atoms with E-state index in [1.807, 2.05) is 21.1 Å². The first kappa shape index (κ1) is 70.5. The van der Waals surface area contributed by atoms with Crippen LogP contribution in [0.4, 0.5) is 0 Å². The lowest BCUT2D eigenvalue weighted by molar-refractivity contribution is -0.870. The molecular weight excluding hydrogens is 923 g/mol. The maximum Gasteiger partial charge on any atom is 0.361 e. The molecule has 1 N–H and O–H groups in total. The Bertz CT molecular complexity index is 1490. The highest BCUT2D eigenvalue weighted by Gasteiger charge is 2.25. The van der Waals surface area contributed by atoms with Crippen molar-refractivity contribution in [1.29, 1.82) is 0 Å². The number of allylic oxidation sites excluding steroid dienone is 14. The van der Waals surface area contributed by atoms with Crippen molar-refractivity contribution in [2.45, 2.75) is 264 Å². The summed E-state index contributed by atoms with van der Waals surface area (Å²) in [6.45, 7) is 4.77. The predicted octanol–water partition coefficient (Wildman–Crippen LogP) is 18.0. The number of nitrogens with zero attached hydrogens (tertiary/aromatic N) is 1. The second-order valence-electron chi connectivity index (χ2n) is 21.3. The Morgan fingerprint density at radius 2 is 0.770 bits per heavy atom. The van der Waals surface area contributed by atoms with Gasteiger partial charge < -0.3 is 28.5 Å². The summed E-state index contributed by atoms with van der Waals surface area (Å²) in [5.74, 6) is -2.01. The number of likely N-dealkylation sites (N-methyl/N-ethyl adjacent to an activating group) is 1. The number of carbonyl (C=O) groups is 3. The average molecular weight is 1040 g/mol. The van der Waals surface area contributed by atoms with E-state index in [-0.39, 0.29) is 32.2 Å². The Morgan fingerprint density at radius 1 is 0.419 bits per heavy atom. The predicted molar refractivity (Wildman–Crippen MR) is 313 cm³/mol. The lowest BCUT2D eigenvalue weighted by atomic mass is 10.0. The highest BCUT2D eigenvalue weighted by Crippen LogP contribution is 2.16. The third-order valence-electron chi connectivity index (χ3n) is 12.9. The number of rotatable bonds is 55. The number of carboxylic acid groups (broad SMARTS) is 1. The lowest BCUT2D eigenvalue weighted by Crippen LogP contribution is -2.40. The summed E-state index contributed by atoms with van der Waals surface area (Å²) in [6.07, 6.45) is 70.9. The molecule has 0 saturated heterocycles. The van der Waals surface area contributed by atoms with Crippen LogP contribution in [-0.4, -0.2) is 87.4 Å². The monoisotopic (exact) mass is 1040 g/mol. The zero-order chi connectivity index (χ0) is 54.1. The van der Waals surface area contributed by atoms with Gasteiger partial charge in [-0.05, 0) is 89.9 Å². The molecule has 0 bridgehead atoms. The topological polar surface area (TPSA) is 108 Å². The highest BCUT2D eigenvalue weighted by molar-refractivity contribution is 5.71. The molecule has 0 aromatic carbocycles. The Kier molecular flexibility index (Phi) is 53.0. The number of carboxylic acids is 1. The summed E-state index contributed by atoms with van der Waals surface area (Å²) in [5, 5.41) is 9.71. The molecular formula is C65H114NO8+. The fourth-order valence-electron chi connectivity index (χ4n) is 8.25. The molecule has 0 aromatic rings. The molecule has 0 spiro atoms. The molecule has 0 aliphatic carbocycles. The van der Waals surface area contributed by atoms with Crippen molar-refractivity contribution in [3.8, 4) is 0 Å². The number of hydrogen-bond donors (Lipinski definition) is 1. The molecule has 2 atom stereocenters. The quantitative estimate of drug-likeness (QED) is 0.0211. The summed E-state index contributed by atoms with van der Waals surface area (Å²) in [4.78, 5) is 37.5. The maximum atomic E-state index is 12.9. The molecule has 0 amide bonds. The largest absolute Gasteiger partial charge is 0.477 e. The second-order valence-corrected chi connectivity index (χ2v) is 21.3. The normalized spacial score (nSPS) is 13.4. The van der Waals surface area contributed by atoms with Crippen LogP contribution in [0.25, 0.3) is 0 Å². The standard InChI is InChI=1S/C65H113NO8/c1-6-8-10-12-14-16-18-20-22-24-26-27-28-29-30-31-32-33-34-35-36-37-38-40-42-44-46-48-50-52-54-56-63(68)74-61(60-73-65(64(69)70)71-58-57-66(3,4)5)59-72-62(67)55-53-51-49-47-45-43-41-39-25-23-21-19-17-15-13-11-9-7-2/h8,10,14,16,20,22-23,25-27,29-30,32-33,61,65H,6-7,9,11-13,15,17-19,21,24,28,31,34-60H2,1-5H3/p+1/b10-8-,16-14-,22-20-,25-23-,27-26-,30-29-,33-32-. The first-order valence-electron chi connectivity index (χ1n) is 30.3. The van der Waals surface area contributed by atoms with E-state index in [0.717, 1.165) is 77.0 Å². The minimum Gasteiger partial charge on any atom is -0.477 e. The molecule has 74 heavy (non-hydrogen) atoms. The van der Waals surface area contributed by atoms with Crippen molar-refractivity contribution in [2.24, 2.45) is 0 Å². The van der Waals surface area contributed by atoms with Gasteiger partial charge in [-0.1, -0.05) is 234 Å². The summed E-state index contributed by atoms with van der Waals surface area (Å²) >= 11 is 0. The number of ether oxygens (including phenoxy) is 4. The zero-order valence-electron chi connectivity index (χ0n) is 48.5. The van der Waals surface area contributed by atoms with Gasteiger partial charge in [-0.15, -0.1) is 0 Å². The van der Waals surface area contributed by atoms with E-state index >= 15 is 0 Å². The average Bonchev–Trinajstić information content (AvgIpc) is 3.37. The van der Waals surface area contributed by atoms with Crippen LogP contribution in [0.3, 0.4) is 0 Å². The van der Waals surface area contributed by atoms with E-state index in [9.17, 15) is 19.5 Å². The molecule has 0 fully saturated rings. The van der Waals surface area contributed by atoms with Crippen molar-refractivity contribution >= 4 is 17.9 Å². The summed E-state index contributed by atoms with van der Waals surface area (Å²) < 4.78 is 22.9. The Balaban J connectivity index is 4.20. The molecule has 0 aliphatic heterocycles. The van der Waals surface area contributed by atoms with Gasteiger partial charge in [0.05, 0.1) is 34.4 Å². The van der Waals surface area contributed by atoms with Crippen molar-refractivity contribution < 1.29 is 42.9 Å². The number of aliphatic carboxylic acids is 1. The molecule has 0 rings (SSSR count). The van der Waals surface area contributed by atoms with E-state index in [1.54, 1.807) is 0 Å². The molecule has 9 heteroatoms. The minimum atomic E-state index is -1.51. The fraction of sp³-hybridized carbons (Fsp3) is 0.738. The van der Waals surface area contributed by atoms with Crippen molar-refractivity contribution in [1.82, 2.24) is 0 Å². The van der Waals surface area contributed by atoms with E-state index in [0.29, 0.717) is 23.9 Å². The van der Waals surface area contributed by atoms with Gasteiger partial charge >= 0.3 is 17.9 Å². The van der Waals surface area contributed by atoms with Crippen LogP contribution < -0.4 is 0 Å². The van der Waals surface area contributed by atoms with Crippen LogP contribution in [0.2, 0.25) is 0 Å². The van der Waals surface area contributed by atoms with Gasteiger partial charge in [0.1, 0.15) is 13.2 Å². The van der Waals surface area contributed by atoms with Crippen LogP contribution in [0.5, 0.6) is 0 Å². The SMILES string of the molecule is CC/C=C\C/C=C\C/C=C\C/C=C\C/C=C\C/C=C\CCCCCCCCCCCCCCC(=O)OC(COC(=O)CCCCCCCCC/C=C\CCCCCCCCC)COC(OCC[N+](C)(C)C)C(=O)O. The first-order valence-corrected chi connectivity index (χ1v) is 30.3. The Morgan fingerprint density at radius 3 is 1.16 bits per heavy atom. The van der Waals surface area contributed by atoms with Gasteiger partial charge in [-0.3, -0.25) is 9.59 Å². The fourth-order valence-corrected chi connectivity index (χ4v) is 8.25. The number of quaternary nitrogens is 1. The Labute approximate surface area is 455 Å². The number of hydrogen-bond acceptors (Lipinski definition) is 7. The highest BCUT2D eigenvalue weighted by atomic mass is 16.7. The van der Waals surface area contributed by atoms with E-state index in [1.165, 1.54) is 141 Å². The molecule has 0 aromatic heterocycles. The molecule has 426 valence electrons. The lowest BCUT2D eigenvalue weighted by Gasteiger charge is -2.25. The van der Waals surface area contributed by atoms with Crippen molar-refractivity contribution in [3.63, 3.8) is 0 Å². The van der Waals surface area contributed by atoms with Gasteiger partial charge in [-0.25, -0.2) is 4.79 Å². The minimum absolute atomic E-state index is 0.184.